The first kappa shape index (κ1) is 9.27. The smallest absolute Gasteiger partial charge is 0.196 e. The Morgan fingerprint density at radius 3 is 3.06 bits per heavy atom. The van der Waals surface area contributed by atoms with Gasteiger partial charge in [0, 0.05) is 13.3 Å². The molecular weight excluding hydrogens is 206 g/mol. The molecular formula is C12H11NO3. The van der Waals surface area contributed by atoms with E-state index < -0.39 is 0 Å². The maximum atomic E-state index is 5.56. The summed E-state index contributed by atoms with van der Waals surface area (Å²) < 4.78 is 16.3. The van der Waals surface area contributed by atoms with Crippen molar-refractivity contribution in [3.05, 3.63) is 42.3 Å². The van der Waals surface area contributed by atoms with Gasteiger partial charge in [-0.25, -0.2) is 4.98 Å². The highest BCUT2D eigenvalue weighted by Gasteiger charge is 2.25. The summed E-state index contributed by atoms with van der Waals surface area (Å²) >= 11 is 0. The summed E-state index contributed by atoms with van der Waals surface area (Å²) in [5.41, 5.74) is 0.803. The molecule has 0 fully saturated rings. The van der Waals surface area contributed by atoms with Crippen LogP contribution in [-0.2, 0) is 4.74 Å². The van der Waals surface area contributed by atoms with Crippen molar-refractivity contribution < 1.29 is 13.6 Å². The Bertz CT molecular complexity index is 502. The van der Waals surface area contributed by atoms with Gasteiger partial charge in [0.05, 0.1) is 12.5 Å². The largest absolute Gasteiger partial charge is 0.492 e. The van der Waals surface area contributed by atoms with Gasteiger partial charge < -0.3 is 13.6 Å². The van der Waals surface area contributed by atoms with E-state index in [1.807, 2.05) is 25.1 Å². The highest BCUT2D eigenvalue weighted by atomic mass is 16.5. The van der Waals surface area contributed by atoms with Crippen LogP contribution in [0.25, 0.3) is 11.5 Å². The maximum absolute atomic E-state index is 5.56. The first-order chi connectivity index (χ1) is 7.84. The molecule has 4 nitrogen and oxygen atoms in total. The summed E-state index contributed by atoms with van der Waals surface area (Å²) in [6.45, 7) is 1.82. The van der Waals surface area contributed by atoms with Gasteiger partial charge in [-0.05, 0) is 18.2 Å². The quantitative estimate of drug-likeness (QED) is 0.774. The van der Waals surface area contributed by atoms with E-state index in [-0.39, 0.29) is 6.10 Å². The zero-order valence-electron chi connectivity index (χ0n) is 8.84. The molecule has 3 heterocycles. The van der Waals surface area contributed by atoms with Crippen molar-refractivity contribution in [3.8, 4) is 11.5 Å². The lowest BCUT2D eigenvalue weighted by Gasteiger charge is -2.07. The molecule has 0 bridgehead atoms. The maximum Gasteiger partial charge on any atom is 0.196 e. The summed E-state index contributed by atoms with van der Waals surface area (Å²) in [6, 6.07) is 3.68. The van der Waals surface area contributed by atoms with Gasteiger partial charge in [-0.1, -0.05) is 0 Å². The normalized spacial score (nSPS) is 18.9. The summed E-state index contributed by atoms with van der Waals surface area (Å²) in [5, 5.41) is 0. The molecule has 0 saturated heterocycles. The molecule has 0 amide bonds. The van der Waals surface area contributed by atoms with Crippen molar-refractivity contribution in [2.45, 2.75) is 19.4 Å². The number of hydrogen-bond donors (Lipinski definition) is 0. The Kier molecular flexibility index (Phi) is 2.06. The Labute approximate surface area is 92.5 Å². The van der Waals surface area contributed by atoms with E-state index in [1.54, 1.807) is 12.5 Å². The van der Waals surface area contributed by atoms with Crippen molar-refractivity contribution in [2.24, 2.45) is 0 Å². The minimum Gasteiger partial charge on any atom is -0.492 e. The fourth-order valence-corrected chi connectivity index (χ4v) is 1.81. The van der Waals surface area contributed by atoms with E-state index in [0.717, 1.165) is 12.1 Å². The molecule has 0 saturated carbocycles. The molecule has 82 valence electrons. The zero-order chi connectivity index (χ0) is 11.0. The van der Waals surface area contributed by atoms with E-state index in [9.17, 15) is 0 Å². The number of nitrogens with zero attached hydrogens (tertiary/aromatic N) is 1. The number of aromatic nitrogens is 1. The third-order valence-corrected chi connectivity index (χ3v) is 2.50. The molecule has 1 aliphatic heterocycles. The van der Waals surface area contributed by atoms with E-state index in [1.165, 1.54) is 0 Å². The van der Waals surface area contributed by atoms with Gasteiger partial charge in [0.15, 0.2) is 17.4 Å². The summed E-state index contributed by atoms with van der Waals surface area (Å²) in [5.74, 6) is 1.97. The summed E-state index contributed by atoms with van der Waals surface area (Å²) in [4.78, 5) is 4.36. The SMILES string of the molecule is Cc1nc(C2CC=CO2)c(-c2ccco2)o1. The lowest BCUT2D eigenvalue weighted by Crippen LogP contribution is -1.97. The Morgan fingerprint density at radius 2 is 2.38 bits per heavy atom. The van der Waals surface area contributed by atoms with E-state index >= 15 is 0 Å². The zero-order valence-corrected chi connectivity index (χ0v) is 8.84. The topological polar surface area (TPSA) is 48.4 Å². The van der Waals surface area contributed by atoms with Crippen LogP contribution >= 0.6 is 0 Å². The second-order valence-electron chi connectivity index (χ2n) is 3.66. The molecule has 2 aromatic rings. The number of furan rings is 1. The monoisotopic (exact) mass is 217 g/mol. The molecule has 1 atom stereocenters. The number of hydrogen-bond acceptors (Lipinski definition) is 4. The fraction of sp³-hybridized carbons (Fsp3) is 0.250. The molecule has 1 aliphatic rings. The molecule has 0 aliphatic carbocycles. The van der Waals surface area contributed by atoms with Crippen LogP contribution < -0.4 is 0 Å². The van der Waals surface area contributed by atoms with Crippen LogP contribution in [0.2, 0.25) is 0 Å². The first-order valence-corrected chi connectivity index (χ1v) is 5.16. The summed E-state index contributed by atoms with van der Waals surface area (Å²) in [6.07, 6.45) is 6.04. The van der Waals surface area contributed by atoms with Crippen molar-refractivity contribution in [3.63, 3.8) is 0 Å². The van der Waals surface area contributed by atoms with Crippen LogP contribution in [-0.4, -0.2) is 4.98 Å². The molecule has 4 heteroatoms. The van der Waals surface area contributed by atoms with Gasteiger partial charge in [-0.2, -0.15) is 0 Å². The van der Waals surface area contributed by atoms with Gasteiger partial charge in [0.2, 0.25) is 0 Å². The Morgan fingerprint density at radius 1 is 1.44 bits per heavy atom. The van der Waals surface area contributed by atoms with Crippen molar-refractivity contribution in [1.82, 2.24) is 4.98 Å². The number of oxazole rings is 1. The molecule has 1 unspecified atom stereocenters. The van der Waals surface area contributed by atoms with Crippen LogP contribution in [0.4, 0.5) is 0 Å². The average Bonchev–Trinajstić information content (AvgIpc) is 2.98. The Balaban J connectivity index is 2.04. The Hall–Kier alpha value is -1.97. The lowest BCUT2D eigenvalue weighted by atomic mass is 10.1. The fourth-order valence-electron chi connectivity index (χ4n) is 1.81. The first-order valence-electron chi connectivity index (χ1n) is 5.16. The summed E-state index contributed by atoms with van der Waals surface area (Å²) in [7, 11) is 0. The van der Waals surface area contributed by atoms with Gasteiger partial charge in [0.25, 0.3) is 0 Å². The van der Waals surface area contributed by atoms with E-state index in [2.05, 4.69) is 4.98 Å². The second-order valence-corrected chi connectivity index (χ2v) is 3.66. The highest BCUT2D eigenvalue weighted by molar-refractivity contribution is 5.53. The predicted octanol–water partition coefficient (Wildman–Crippen LogP) is 3.22. The van der Waals surface area contributed by atoms with Crippen molar-refractivity contribution in [2.75, 3.05) is 0 Å². The molecule has 2 aromatic heterocycles. The van der Waals surface area contributed by atoms with Gasteiger partial charge in [-0.15, -0.1) is 0 Å². The van der Waals surface area contributed by atoms with Gasteiger partial charge in [-0.3, -0.25) is 0 Å². The average molecular weight is 217 g/mol. The molecule has 3 rings (SSSR count). The molecule has 0 aromatic carbocycles. The van der Waals surface area contributed by atoms with Crippen LogP contribution in [0.3, 0.4) is 0 Å². The predicted molar refractivity (Wildman–Crippen MR) is 56.5 cm³/mol. The van der Waals surface area contributed by atoms with Crippen molar-refractivity contribution >= 4 is 0 Å². The van der Waals surface area contributed by atoms with E-state index in [0.29, 0.717) is 17.4 Å². The molecule has 0 N–H and O–H groups in total. The van der Waals surface area contributed by atoms with Crippen LogP contribution in [0, 0.1) is 6.92 Å². The van der Waals surface area contributed by atoms with Crippen molar-refractivity contribution in [1.29, 1.82) is 0 Å². The van der Waals surface area contributed by atoms with Crippen LogP contribution in [0.1, 0.15) is 24.1 Å². The molecule has 16 heavy (non-hydrogen) atoms. The van der Waals surface area contributed by atoms with Crippen LogP contribution in [0.15, 0.2) is 39.6 Å². The second kappa shape index (κ2) is 3.56. The third kappa shape index (κ3) is 1.43. The number of rotatable bonds is 2. The minimum atomic E-state index is -0.0578. The third-order valence-electron chi connectivity index (χ3n) is 2.50. The molecule has 0 radical (unpaired) electrons. The van der Waals surface area contributed by atoms with E-state index in [4.69, 9.17) is 13.6 Å². The molecule has 0 spiro atoms. The van der Waals surface area contributed by atoms with Crippen LogP contribution in [0.5, 0.6) is 0 Å². The number of ether oxygens (including phenoxy) is 1. The van der Waals surface area contributed by atoms with Gasteiger partial charge >= 0.3 is 0 Å². The van der Waals surface area contributed by atoms with Gasteiger partial charge in [0.1, 0.15) is 11.8 Å². The minimum absolute atomic E-state index is 0.0578. The highest BCUT2D eigenvalue weighted by Crippen LogP contribution is 2.34. The number of aryl methyl sites for hydroxylation is 1. The standard InChI is InChI=1S/C12H11NO3/c1-8-13-11(9-4-2-6-14-9)12(16-8)10-5-3-7-15-10/h2-3,5-7,9H,4H2,1H3. The lowest BCUT2D eigenvalue weighted by molar-refractivity contribution is 0.169.